The van der Waals surface area contributed by atoms with E-state index in [1.54, 1.807) is 6.33 Å². The third kappa shape index (κ3) is 3.45. The summed E-state index contributed by atoms with van der Waals surface area (Å²) in [5.41, 5.74) is 2.29. The summed E-state index contributed by atoms with van der Waals surface area (Å²) in [5.74, 6) is 7.02. The van der Waals surface area contributed by atoms with Gasteiger partial charge in [0.25, 0.3) is 12.2 Å². The molecule has 5 rings (SSSR count). The summed E-state index contributed by atoms with van der Waals surface area (Å²) in [7, 11) is 0. The summed E-state index contributed by atoms with van der Waals surface area (Å²) >= 11 is 6.26. The highest BCUT2D eigenvalue weighted by atomic mass is 35.5. The van der Waals surface area contributed by atoms with Crippen LogP contribution in [0.2, 0.25) is 5.02 Å². The predicted molar refractivity (Wildman–Crippen MR) is 122 cm³/mol. The van der Waals surface area contributed by atoms with Crippen LogP contribution in [0.15, 0.2) is 42.7 Å². The number of aromatic nitrogens is 4. The SMILES string of the molecule is CC(C)(C#Cc1cccc2c1CCCN2c1nc2nncn2c2cc(Cl)ccc12)C(F)F. The van der Waals surface area contributed by atoms with E-state index in [0.717, 1.165) is 52.9 Å². The lowest BCUT2D eigenvalue weighted by atomic mass is 9.92. The van der Waals surface area contributed by atoms with E-state index in [-0.39, 0.29) is 0 Å². The quantitative estimate of drug-likeness (QED) is 0.369. The fourth-order valence-electron chi connectivity index (χ4n) is 3.97. The molecule has 0 spiro atoms. The van der Waals surface area contributed by atoms with E-state index in [2.05, 4.69) is 26.9 Å². The van der Waals surface area contributed by atoms with Crippen molar-refractivity contribution < 1.29 is 8.78 Å². The van der Waals surface area contributed by atoms with Gasteiger partial charge in [-0.2, -0.15) is 4.98 Å². The van der Waals surface area contributed by atoms with Crippen LogP contribution in [0.1, 0.15) is 31.4 Å². The van der Waals surface area contributed by atoms with Crippen molar-refractivity contribution in [3.8, 4) is 11.8 Å². The van der Waals surface area contributed by atoms with Crippen molar-refractivity contribution in [3.63, 3.8) is 0 Å². The molecule has 0 fully saturated rings. The molecule has 0 N–H and O–H groups in total. The Balaban J connectivity index is 1.67. The molecule has 0 bridgehead atoms. The number of hydrogen-bond donors (Lipinski definition) is 0. The standard InChI is InChI=1S/C24H20ClF2N5/c1-24(2,22(26)27)11-10-15-5-3-7-19-17(15)6-4-12-31(19)21-18-9-8-16(25)13-20(18)32-14-28-30-23(32)29-21/h3,5,7-9,13-14,22H,4,6,12H2,1-2H3. The first-order valence-electron chi connectivity index (χ1n) is 10.3. The molecule has 1 aliphatic heterocycles. The largest absolute Gasteiger partial charge is 0.325 e. The smallest absolute Gasteiger partial charge is 0.257 e. The third-order valence-corrected chi connectivity index (χ3v) is 6.00. The number of rotatable bonds is 2. The number of halogens is 3. The summed E-state index contributed by atoms with van der Waals surface area (Å²) in [6.07, 6.45) is 0.817. The lowest BCUT2D eigenvalue weighted by Crippen LogP contribution is -2.26. The highest BCUT2D eigenvalue weighted by Gasteiger charge is 2.28. The number of alkyl halides is 2. The summed E-state index contributed by atoms with van der Waals surface area (Å²) in [6.45, 7) is 3.68. The molecule has 0 unspecified atom stereocenters. The number of hydrogen-bond acceptors (Lipinski definition) is 4. The molecule has 2 aromatic carbocycles. The zero-order valence-electron chi connectivity index (χ0n) is 17.6. The Labute approximate surface area is 189 Å². The topological polar surface area (TPSA) is 46.3 Å². The Bertz CT molecular complexity index is 1400. The van der Waals surface area contributed by atoms with Crippen LogP contribution in [-0.2, 0) is 6.42 Å². The Kier molecular flexibility index (Phi) is 4.98. The van der Waals surface area contributed by atoms with E-state index in [1.807, 2.05) is 40.8 Å². The van der Waals surface area contributed by atoms with Crippen molar-refractivity contribution in [2.75, 3.05) is 11.4 Å². The minimum atomic E-state index is -2.51. The maximum Gasteiger partial charge on any atom is 0.257 e. The Morgan fingerprint density at radius 2 is 2.03 bits per heavy atom. The average Bonchev–Trinajstić information content (AvgIpc) is 3.25. The summed E-state index contributed by atoms with van der Waals surface area (Å²) in [6, 6.07) is 11.5. The Hall–Kier alpha value is -3.24. The van der Waals surface area contributed by atoms with Crippen LogP contribution in [-0.4, -0.2) is 32.6 Å². The molecule has 0 saturated carbocycles. The molecule has 2 aromatic heterocycles. The Morgan fingerprint density at radius 3 is 2.84 bits per heavy atom. The van der Waals surface area contributed by atoms with Crippen molar-refractivity contribution >= 4 is 39.8 Å². The second-order valence-electron chi connectivity index (χ2n) is 8.43. The van der Waals surface area contributed by atoms with Crippen molar-refractivity contribution in [2.45, 2.75) is 33.1 Å². The Morgan fingerprint density at radius 1 is 1.19 bits per heavy atom. The monoisotopic (exact) mass is 451 g/mol. The second-order valence-corrected chi connectivity index (χ2v) is 8.87. The molecule has 0 aliphatic carbocycles. The normalized spacial score (nSPS) is 14.0. The number of nitrogens with zero attached hydrogens (tertiary/aromatic N) is 5. The van der Waals surface area contributed by atoms with Gasteiger partial charge in [0.1, 0.15) is 12.1 Å². The van der Waals surface area contributed by atoms with Gasteiger partial charge in [0.05, 0.1) is 10.9 Å². The molecule has 3 heterocycles. The number of fused-ring (bicyclic) bond motifs is 4. The van der Waals surface area contributed by atoms with Gasteiger partial charge < -0.3 is 4.90 Å². The van der Waals surface area contributed by atoms with Crippen molar-refractivity contribution in [3.05, 3.63) is 58.9 Å². The third-order valence-electron chi connectivity index (χ3n) is 5.77. The molecule has 0 amide bonds. The molecule has 0 radical (unpaired) electrons. The zero-order valence-corrected chi connectivity index (χ0v) is 18.4. The van der Waals surface area contributed by atoms with Crippen LogP contribution >= 0.6 is 11.6 Å². The van der Waals surface area contributed by atoms with Crippen LogP contribution in [0.5, 0.6) is 0 Å². The van der Waals surface area contributed by atoms with Crippen LogP contribution in [0.25, 0.3) is 16.7 Å². The molecule has 162 valence electrons. The van der Waals surface area contributed by atoms with E-state index in [9.17, 15) is 8.78 Å². The molecule has 1 aliphatic rings. The first-order chi connectivity index (χ1) is 15.3. The molecule has 0 atom stereocenters. The van der Waals surface area contributed by atoms with Crippen LogP contribution in [0.3, 0.4) is 0 Å². The molecule has 32 heavy (non-hydrogen) atoms. The fourth-order valence-corrected chi connectivity index (χ4v) is 4.14. The molecular formula is C24H20ClF2N5. The van der Waals surface area contributed by atoms with Gasteiger partial charge in [-0.3, -0.25) is 4.40 Å². The van der Waals surface area contributed by atoms with Gasteiger partial charge in [0, 0.05) is 28.2 Å². The van der Waals surface area contributed by atoms with Crippen LogP contribution in [0.4, 0.5) is 20.3 Å². The summed E-state index contributed by atoms with van der Waals surface area (Å²) in [4.78, 5) is 6.94. The zero-order chi connectivity index (χ0) is 22.5. The van der Waals surface area contributed by atoms with E-state index in [1.165, 1.54) is 13.8 Å². The van der Waals surface area contributed by atoms with Gasteiger partial charge in [-0.15, -0.1) is 10.2 Å². The van der Waals surface area contributed by atoms with Gasteiger partial charge in [-0.05, 0) is 62.6 Å². The van der Waals surface area contributed by atoms with Crippen LogP contribution < -0.4 is 4.90 Å². The molecule has 4 aromatic rings. The van der Waals surface area contributed by atoms with E-state index in [4.69, 9.17) is 16.6 Å². The van der Waals surface area contributed by atoms with E-state index < -0.39 is 11.8 Å². The van der Waals surface area contributed by atoms with Gasteiger partial charge in [0.2, 0.25) is 0 Å². The van der Waals surface area contributed by atoms with Crippen LogP contribution in [0, 0.1) is 17.3 Å². The van der Waals surface area contributed by atoms with Gasteiger partial charge >= 0.3 is 0 Å². The number of anilines is 2. The van der Waals surface area contributed by atoms with Crippen molar-refractivity contribution in [1.82, 2.24) is 19.6 Å². The van der Waals surface area contributed by atoms with E-state index in [0.29, 0.717) is 10.8 Å². The minimum Gasteiger partial charge on any atom is -0.325 e. The minimum absolute atomic E-state index is 0.483. The van der Waals surface area contributed by atoms with E-state index >= 15 is 0 Å². The average molecular weight is 452 g/mol. The maximum absolute atomic E-state index is 13.3. The lowest BCUT2D eigenvalue weighted by molar-refractivity contribution is 0.0570. The lowest BCUT2D eigenvalue weighted by Gasteiger charge is -2.32. The summed E-state index contributed by atoms with van der Waals surface area (Å²) in [5, 5.41) is 9.67. The van der Waals surface area contributed by atoms with Crippen molar-refractivity contribution in [2.24, 2.45) is 5.41 Å². The molecule has 5 nitrogen and oxygen atoms in total. The maximum atomic E-state index is 13.3. The first-order valence-corrected chi connectivity index (χ1v) is 10.7. The molecular weight excluding hydrogens is 432 g/mol. The fraction of sp³-hybridized carbons (Fsp3) is 0.292. The first kappa shape index (κ1) is 20.7. The van der Waals surface area contributed by atoms with Gasteiger partial charge in [-0.1, -0.05) is 29.5 Å². The van der Waals surface area contributed by atoms with Crippen molar-refractivity contribution in [1.29, 1.82) is 0 Å². The van der Waals surface area contributed by atoms with Gasteiger partial charge in [-0.25, -0.2) is 8.78 Å². The molecule has 8 heteroatoms. The number of benzene rings is 2. The highest BCUT2D eigenvalue weighted by molar-refractivity contribution is 6.31. The van der Waals surface area contributed by atoms with Gasteiger partial charge in [0.15, 0.2) is 0 Å². The highest BCUT2D eigenvalue weighted by Crippen LogP contribution is 2.38. The predicted octanol–water partition coefficient (Wildman–Crippen LogP) is 5.66. The molecule has 0 saturated heterocycles. The summed E-state index contributed by atoms with van der Waals surface area (Å²) < 4.78 is 28.4. The second kappa shape index (κ2) is 7.72.